The summed E-state index contributed by atoms with van der Waals surface area (Å²) in [5, 5.41) is 16.3. The van der Waals surface area contributed by atoms with Gasteiger partial charge in [0.2, 0.25) is 0 Å². The van der Waals surface area contributed by atoms with Gasteiger partial charge in [0.15, 0.2) is 5.82 Å². The van der Waals surface area contributed by atoms with E-state index in [1.165, 1.54) is 0 Å². The maximum Gasteiger partial charge on any atom is 0.189 e. The second-order valence-corrected chi connectivity index (χ2v) is 3.78. The molecule has 0 fully saturated rings. The second kappa shape index (κ2) is 3.43. The fraction of sp³-hybridized carbons (Fsp3) is 0.286. The third kappa shape index (κ3) is 1.45. The van der Waals surface area contributed by atoms with E-state index in [0.29, 0.717) is 5.82 Å². The number of rotatable bonds is 2. The maximum absolute atomic E-state index is 5.99. The van der Waals surface area contributed by atoms with Crippen LogP contribution in [0, 0.1) is 0 Å². The van der Waals surface area contributed by atoms with Crippen LogP contribution >= 0.6 is 22.9 Å². The van der Waals surface area contributed by atoms with Crippen LogP contribution in [-0.4, -0.2) is 20.6 Å². The number of halogens is 1. The van der Waals surface area contributed by atoms with Crippen molar-refractivity contribution in [2.45, 2.75) is 13.3 Å². The van der Waals surface area contributed by atoms with E-state index >= 15 is 0 Å². The van der Waals surface area contributed by atoms with Crippen LogP contribution in [0.15, 0.2) is 5.38 Å². The van der Waals surface area contributed by atoms with Crippen molar-refractivity contribution in [2.75, 3.05) is 0 Å². The lowest BCUT2D eigenvalue weighted by molar-refractivity contribution is 0.881. The van der Waals surface area contributed by atoms with Gasteiger partial charge in [-0.1, -0.05) is 18.5 Å². The standard InChI is InChI=1S/C7H7ClN4S/c1-2-4-5(8)3-13-6(4)7-9-11-12-10-7/h3H,2H2,1H3,(H,9,10,11,12). The van der Waals surface area contributed by atoms with Gasteiger partial charge in [-0.3, -0.25) is 0 Å². The number of hydrogen-bond donors (Lipinski definition) is 1. The summed E-state index contributed by atoms with van der Waals surface area (Å²) in [6.45, 7) is 2.06. The summed E-state index contributed by atoms with van der Waals surface area (Å²) in [7, 11) is 0. The van der Waals surface area contributed by atoms with E-state index in [-0.39, 0.29) is 0 Å². The van der Waals surface area contributed by atoms with E-state index in [2.05, 4.69) is 27.5 Å². The lowest BCUT2D eigenvalue weighted by atomic mass is 10.2. The van der Waals surface area contributed by atoms with E-state index in [1.54, 1.807) is 11.3 Å². The molecule has 2 aromatic heterocycles. The molecular formula is C7H7ClN4S. The van der Waals surface area contributed by atoms with Crippen LogP contribution in [0.4, 0.5) is 0 Å². The molecule has 0 aliphatic rings. The molecular weight excluding hydrogens is 208 g/mol. The minimum absolute atomic E-state index is 0.689. The number of aromatic amines is 1. The highest BCUT2D eigenvalue weighted by Gasteiger charge is 2.12. The van der Waals surface area contributed by atoms with Crippen LogP contribution in [0.25, 0.3) is 10.7 Å². The SMILES string of the molecule is CCc1c(Cl)csc1-c1nnn[nH]1. The Morgan fingerprint density at radius 3 is 3.08 bits per heavy atom. The fourth-order valence-corrected chi connectivity index (χ4v) is 2.52. The van der Waals surface area contributed by atoms with Gasteiger partial charge in [0.25, 0.3) is 0 Å². The van der Waals surface area contributed by atoms with Crippen molar-refractivity contribution in [1.82, 2.24) is 20.6 Å². The third-order valence-electron chi connectivity index (χ3n) is 1.76. The molecule has 13 heavy (non-hydrogen) atoms. The Balaban J connectivity index is 2.52. The summed E-state index contributed by atoms with van der Waals surface area (Å²) in [6.07, 6.45) is 0.887. The number of hydrogen-bond acceptors (Lipinski definition) is 4. The van der Waals surface area contributed by atoms with Crippen molar-refractivity contribution in [3.8, 4) is 10.7 Å². The Kier molecular flexibility index (Phi) is 2.28. The van der Waals surface area contributed by atoms with Gasteiger partial charge in [0.1, 0.15) is 0 Å². The van der Waals surface area contributed by atoms with Gasteiger partial charge in [-0.2, -0.15) is 0 Å². The van der Waals surface area contributed by atoms with Crippen LogP contribution in [0.3, 0.4) is 0 Å². The topological polar surface area (TPSA) is 54.5 Å². The second-order valence-electron chi connectivity index (χ2n) is 2.49. The van der Waals surface area contributed by atoms with Crippen molar-refractivity contribution in [2.24, 2.45) is 0 Å². The van der Waals surface area contributed by atoms with Gasteiger partial charge < -0.3 is 0 Å². The normalized spacial score (nSPS) is 10.6. The Morgan fingerprint density at radius 2 is 2.46 bits per heavy atom. The molecule has 0 radical (unpaired) electrons. The van der Waals surface area contributed by atoms with Gasteiger partial charge in [-0.25, -0.2) is 5.10 Å². The average molecular weight is 215 g/mol. The molecule has 0 bridgehead atoms. The summed E-state index contributed by atoms with van der Waals surface area (Å²) in [6, 6.07) is 0. The number of nitrogens with one attached hydrogen (secondary N) is 1. The number of thiophene rings is 1. The Bertz CT molecular complexity index is 395. The summed E-state index contributed by atoms with van der Waals surface area (Å²) in [5.41, 5.74) is 1.10. The van der Waals surface area contributed by atoms with Crippen LogP contribution < -0.4 is 0 Å². The van der Waals surface area contributed by atoms with Crippen LogP contribution in [0.1, 0.15) is 12.5 Å². The van der Waals surface area contributed by atoms with E-state index < -0.39 is 0 Å². The predicted octanol–water partition coefficient (Wildman–Crippen LogP) is 2.14. The van der Waals surface area contributed by atoms with Crippen molar-refractivity contribution in [3.05, 3.63) is 16.0 Å². The molecule has 0 saturated carbocycles. The summed E-state index contributed by atoms with van der Waals surface area (Å²) in [5.74, 6) is 0.689. The summed E-state index contributed by atoms with van der Waals surface area (Å²) < 4.78 is 0. The molecule has 0 aliphatic heterocycles. The minimum atomic E-state index is 0.689. The van der Waals surface area contributed by atoms with E-state index in [0.717, 1.165) is 21.9 Å². The minimum Gasteiger partial charge on any atom is -0.238 e. The summed E-state index contributed by atoms with van der Waals surface area (Å²) in [4.78, 5) is 1.03. The highest BCUT2D eigenvalue weighted by molar-refractivity contribution is 7.14. The van der Waals surface area contributed by atoms with E-state index in [4.69, 9.17) is 11.6 Å². The molecule has 2 aromatic rings. The smallest absolute Gasteiger partial charge is 0.189 e. The van der Waals surface area contributed by atoms with Gasteiger partial charge in [0, 0.05) is 5.38 Å². The van der Waals surface area contributed by atoms with E-state index in [1.807, 2.05) is 5.38 Å². The van der Waals surface area contributed by atoms with Gasteiger partial charge in [-0.05, 0) is 22.4 Å². The molecule has 4 nitrogen and oxygen atoms in total. The summed E-state index contributed by atoms with van der Waals surface area (Å²) >= 11 is 7.54. The van der Waals surface area contributed by atoms with Gasteiger partial charge in [-0.15, -0.1) is 16.4 Å². The number of H-pyrrole nitrogens is 1. The van der Waals surface area contributed by atoms with Crippen molar-refractivity contribution in [1.29, 1.82) is 0 Å². The largest absolute Gasteiger partial charge is 0.238 e. The van der Waals surface area contributed by atoms with Gasteiger partial charge >= 0.3 is 0 Å². The predicted molar refractivity (Wildman–Crippen MR) is 51.9 cm³/mol. The zero-order chi connectivity index (χ0) is 9.26. The van der Waals surface area contributed by atoms with Crippen LogP contribution in [-0.2, 0) is 6.42 Å². The first-order valence-electron chi connectivity index (χ1n) is 3.83. The third-order valence-corrected chi connectivity index (χ3v) is 3.25. The molecule has 2 rings (SSSR count). The Morgan fingerprint density at radius 1 is 1.62 bits per heavy atom. The van der Waals surface area contributed by atoms with E-state index in [9.17, 15) is 0 Å². The zero-order valence-corrected chi connectivity index (χ0v) is 8.48. The Labute approximate surface area is 83.9 Å². The highest BCUT2D eigenvalue weighted by Crippen LogP contribution is 2.33. The lowest BCUT2D eigenvalue weighted by Gasteiger charge is -1.95. The fourth-order valence-electron chi connectivity index (χ4n) is 1.14. The molecule has 0 amide bonds. The molecule has 0 unspecified atom stereocenters. The molecule has 0 aromatic carbocycles. The molecule has 0 atom stereocenters. The zero-order valence-electron chi connectivity index (χ0n) is 6.91. The first-order chi connectivity index (χ1) is 6.33. The van der Waals surface area contributed by atoms with Crippen molar-refractivity contribution >= 4 is 22.9 Å². The quantitative estimate of drug-likeness (QED) is 0.834. The molecule has 1 N–H and O–H groups in total. The Hall–Kier alpha value is -0.940. The monoisotopic (exact) mass is 214 g/mol. The number of tetrazole rings is 1. The highest BCUT2D eigenvalue weighted by atomic mass is 35.5. The molecule has 2 heterocycles. The average Bonchev–Trinajstić information content (AvgIpc) is 2.71. The first kappa shape index (κ1) is 8.65. The molecule has 6 heteroatoms. The van der Waals surface area contributed by atoms with Crippen molar-refractivity contribution in [3.63, 3.8) is 0 Å². The maximum atomic E-state index is 5.99. The molecule has 0 saturated heterocycles. The van der Waals surface area contributed by atoms with Gasteiger partial charge in [0.05, 0.1) is 9.90 Å². The first-order valence-corrected chi connectivity index (χ1v) is 5.08. The van der Waals surface area contributed by atoms with Crippen LogP contribution in [0.5, 0.6) is 0 Å². The molecule has 0 spiro atoms. The van der Waals surface area contributed by atoms with Crippen LogP contribution in [0.2, 0.25) is 5.02 Å². The number of aromatic nitrogens is 4. The molecule has 0 aliphatic carbocycles. The lowest BCUT2D eigenvalue weighted by Crippen LogP contribution is -1.83. The number of nitrogens with zero attached hydrogens (tertiary/aromatic N) is 3. The van der Waals surface area contributed by atoms with Crippen molar-refractivity contribution < 1.29 is 0 Å². The molecule has 68 valence electrons.